The van der Waals surface area contributed by atoms with Gasteiger partial charge in [-0.1, -0.05) is 12.1 Å². The van der Waals surface area contributed by atoms with Crippen LogP contribution in [0, 0.1) is 11.7 Å². The Hall–Kier alpha value is -3.10. The Morgan fingerprint density at radius 3 is 2.52 bits per heavy atom. The number of ether oxygens (including phenoxy) is 1. The van der Waals surface area contributed by atoms with Gasteiger partial charge in [0.05, 0.1) is 17.9 Å². The van der Waals surface area contributed by atoms with Crippen LogP contribution in [-0.4, -0.2) is 21.3 Å². The molecular formula is C22H22F4N4O. The van der Waals surface area contributed by atoms with Crippen molar-refractivity contribution in [2.75, 3.05) is 5.32 Å². The summed E-state index contributed by atoms with van der Waals surface area (Å²) in [6.07, 6.45) is 0.404. The lowest BCUT2D eigenvalue weighted by Crippen LogP contribution is -2.26. The van der Waals surface area contributed by atoms with Crippen LogP contribution >= 0.6 is 0 Å². The highest BCUT2D eigenvalue weighted by Gasteiger charge is 2.35. The van der Waals surface area contributed by atoms with Crippen LogP contribution in [0.5, 0.6) is 5.75 Å². The molecule has 0 unspecified atom stereocenters. The van der Waals surface area contributed by atoms with Crippen molar-refractivity contribution in [1.29, 1.82) is 0 Å². The average molecular weight is 434 g/mol. The Bertz CT molecular complexity index is 999. The highest BCUT2D eigenvalue weighted by molar-refractivity contribution is 5.50. The number of anilines is 2. The van der Waals surface area contributed by atoms with E-state index in [2.05, 4.69) is 20.5 Å². The molecule has 1 fully saturated rings. The highest BCUT2D eigenvalue weighted by Crippen LogP contribution is 2.36. The first-order valence-electron chi connectivity index (χ1n) is 10.1. The van der Waals surface area contributed by atoms with E-state index in [1.165, 1.54) is 12.1 Å². The molecule has 164 valence electrons. The molecule has 0 atom stereocenters. The van der Waals surface area contributed by atoms with Crippen molar-refractivity contribution in [3.63, 3.8) is 0 Å². The Morgan fingerprint density at radius 2 is 1.81 bits per heavy atom. The largest absolute Gasteiger partial charge is 0.487 e. The van der Waals surface area contributed by atoms with Gasteiger partial charge >= 0.3 is 6.18 Å². The zero-order valence-electron chi connectivity index (χ0n) is 16.6. The first-order chi connectivity index (χ1) is 14.9. The van der Waals surface area contributed by atoms with Gasteiger partial charge in [-0.25, -0.2) is 9.37 Å². The van der Waals surface area contributed by atoms with Crippen LogP contribution in [0.1, 0.15) is 36.9 Å². The second-order valence-electron chi connectivity index (χ2n) is 7.69. The Labute approximate surface area is 176 Å². The molecule has 2 heterocycles. The first kappa shape index (κ1) is 21.1. The Kier molecular flexibility index (Phi) is 6.11. The van der Waals surface area contributed by atoms with E-state index in [0.29, 0.717) is 18.8 Å². The lowest BCUT2D eigenvalue weighted by molar-refractivity contribution is -0.140. The normalized spacial score (nSPS) is 19.2. The Balaban J connectivity index is 1.32. The van der Waals surface area contributed by atoms with Crippen LogP contribution in [0.15, 0.2) is 48.7 Å². The van der Waals surface area contributed by atoms with E-state index >= 15 is 0 Å². The molecule has 0 aliphatic heterocycles. The van der Waals surface area contributed by atoms with Gasteiger partial charge in [0, 0.05) is 11.8 Å². The fraction of sp³-hybridized carbons (Fsp3) is 0.364. The number of rotatable bonds is 6. The molecule has 2 N–H and O–H groups in total. The molecule has 5 nitrogen and oxygen atoms in total. The topological polar surface area (TPSA) is 62.8 Å². The minimum Gasteiger partial charge on any atom is -0.487 e. The number of aromatic nitrogens is 3. The maximum atomic E-state index is 14.2. The molecule has 0 amide bonds. The van der Waals surface area contributed by atoms with Gasteiger partial charge in [-0.2, -0.15) is 18.3 Å². The van der Waals surface area contributed by atoms with E-state index in [0.717, 1.165) is 42.7 Å². The molecule has 1 aromatic carbocycles. The summed E-state index contributed by atoms with van der Waals surface area (Å²) < 4.78 is 58.5. The molecule has 9 heteroatoms. The molecule has 1 aliphatic carbocycles. The predicted molar refractivity (Wildman–Crippen MR) is 108 cm³/mol. The van der Waals surface area contributed by atoms with Crippen molar-refractivity contribution in [1.82, 2.24) is 15.2 Å². The quantitative estimate of drug-likeness (QED) is 0.475. The summed E-state index contributed by atoms with van der Waals surface area (Å²) in [5, 5.41) is 9.86. The lowest BCUT2D eigenvalue weighted by atomic mass is 9.84. The molecule has 4 rings (SSSR count). The van der Waals surface area contributed by atoms with Crippen LogP contribution in [0.25, 0.3) is 0 Å². The molecule has 0 bridgehead atoms. The SMILES string of the molecule is Fc1c(OC2CCC(Cc3cccc(Nc4ccn[nH]4)n3)CC2)cccc1C(F)(F)F. The number of aromatic amines is 1. The maximum absolute atomic E-state index is 14.2. The number of hydrogen-bond donors (Lipinski definition) is 2. The fourth-order valence-corrected chi connectivity index (χ4v) is 3.88. The number of halogens is 4. The molecule has 3 aromatic rings. The lowest BCUT2D eigenvalue weighted by Gasteiger charge is -2.29. The van der Waals surface area contributed by atoms with E-state index in [-0.39, 0.29) is 11.9 Å². The van der Waals surface area contributed by atoms with Gasteiger partial charge in [0.2, 0.25) is 0 Å². The minimum atomic E-state index is -4.74. The third-order valence-corrected chi connectivity index (χ3v) is 5.42. The zero-order valence-corrected chi connectivity index (χ0v) is 16.6. The summed E-state index contributed by atoms with van der Waals surface area (Å²) in [7, 11) is 0. The monoisotopic (exact) mass is 434 g/mol. The fourth-order valence-electron chi connectivity index (χ4n) is 3.88. The van der Waals surface area contributed by atoms with Gasteiger partial charge in [0.1, 0.15) is 11.6 Å². The van der Waals surface area contributed by atoms with Crippen LogP contribution in [0.3, 0.4) is 0 Å². The van der Waals surface area contributed by atoms with Crippen molar-refractivity contribution in [3.8, 4) is 5.75 Å². The van der Waals surface area contributed by atoms with E-state index < -0.39 is 17.6 Å². The van der Waals surface area contributed by atoms with Crippen LogP contribution in [0.4, 0.5) is 29.2 Å². The molecule has 31 heavy (non-hydrogen) atoms. The van der Waals surface area contributed by atoms with Gasteiger partial charge in [-0.15, -0.1) is 0 Å². The van der Waals surface area contributed by atoms with E-state index in [9.17, 15) is 17.6 Å². The number of H-pyrrole nitrogens is 1. The number of nitrogens with zero attached hydrogens (tertiary/aromatic N) is 2. The van der Waals surface area contributed by atoms with E-state index in [1.807, 2.05) is 24.3 Å². The molecule has 1 aliphatic rings. The number of alkyl halides is 3. The van der Waals surface area contributed by atoms with Gasteiger partial charge < -0.3 is 10.1 Å². The summed E-state index contributed by atoms with van der Waals surface area (Å²) >= 11 is 0. The van der Waals surface area contributed by atoms with Gasteiger partial charge in [-0.05, 0) is 62.3 Å². The van der Waals surface area contributed by atoms with Crippen LogP contribution in [0.2, 0.25) is 0 Å². The van der Waals surface area contributed by atoms with Gasteiger partial charge in [0.15, 0.2) is 11.6 Å². The smallest absolute Gasteiger partial charge is 0.419 e. The molecule has 0 spiro atoms. The van der Waals surface area contributed by atoms with Crippen molar-refractivity contribution >= 4 is 11.6 Å². The number of pyridine rings is 1. The zero-order chi connectivity index (χ0) is 21.8. The van der Waals surface area contributed by atoms with Crippen LogP contribution in [-0.2, 0) is 12.6 Å². The number of nitrogens with one attached hydrogen (secondary N) is 2. The van der Waals surface area contributed by atoms with Gasteiger partial charge in [0.25, 0.3) is 0 Å². The second-order valence-corrected chi connectivity index (χ2v) is 7.69. The van der Waals surface area contributed by atoms with Crippen LogP contribution < -0.4 is 10.1 Å². The summed E-state index contributed by atoms with van der Waals surface area (Å²) in [6.45, 7) is 0. The molecule has 2 aromatic heterocycles. The van der Waals surface area contributed by atoms with Crippen molar-refractivity contribution in [2.24, 2.45) is 5.92 Å². The molecular weight excluding hydrogens is 412 g/mol. The summed E-state index contributed by atoms with van der Waals surface area (Å²) in [6, 6.07) is 10.7. The second kappa shape index (κ2) is 8.95. The molecule has 0 saturated heterocycles. The average Bonchev–Trinajstić information content (AvgIpc) is 3.23. The van der Waals surface area contributed by atoms with Gasteiger partial charge in [-0.3, -0.25) is 5.10 Å². The highest BCUT2D eigenvalue weighted by atomic mass is 19.4. The predicted octanol–water partition coefficient (Wildman–Crippen LogP) is 5.89. The van der Waals surface area contributed by atoms with Crippen molar-refractivity contribution in [3.05, 3.63) is 65.7 Å². The maximum Gasteiger partial charge on any atom is 0.419 e. The first-order valence-corrected chi connectivity index (χ1v) is 10.1. The van der Waals surface area contributed by atoms with Crippen molar-refractivity contribution < 1.29 is 22.3 Å². The minimum absolute atomic E-state index is 0.296. The third kappa shape index (κ3) is 5.34. The van der Waals surface area contributed by atoms with E-state index in [4.69, 9.17) is 4.74 Å². The summed E-state index contributed by atoms with van der Waals surface area (Å²) in [5.74, 6) is 0.185. The van der Waals surface area contributed by atoms with Crippen molar-refractivity contribution in [2.45, 2.75) is 44.4 Å². The molecule has 1 saturated carbocycles. The third-order valence-electron chi connectivity index (χ3n) is 5.42. The van der Waals surface area contributed by atoms with E-state index in [1.54, 1.807) is 6.20 Å². The standard InChI is InChI=1S/C22H22F4N4O/c23-21-17(22(24,25)26)4-2-5-18(21)31-16-9-7-14(8-10-16)13-15-3-1-6-19(28-15)29-20-11-12-27-30-20/h1-6,11-12,14,16H,7-10,13H2,(H2,27,28,29,30). The number of benzene rings is 1. The Morgan fingerprint density at radius 1 is 1.03 bits per heavy atom. The molecule has 0 radical (unpaired) electrons. The summed E-state index contributed by atoms with van der Waals surface area (Å²) in [5.41, 5.74) is -0.341. The number of hydrogen-bond acceptors (Lipinski definition) is 4. The summed E-state index contributed by atoms with van der Waals surface area (Å²) in [4.78, 5) is 4.63.